The van der Waals surface area contributed by atoms with Crippen LogP contribution in [0, 0.1) is 0 Å². The molecule has 0 amide bonds. The molecule has 0 aliphatic heterocycles. The Kier molecular flexibility index (Phi) is 70.8. The topological polar surface area (TPSA) is 60.7 Å². The Morgan fingerprint density at radius 3 is 0.467 bits per heavy atom. The van der Waals surface area contributed by atoms with E-state index in [-0.39, 0.29) is 70.4 Å². The van der Waals surface area contributed by atoms with Crippen molar-refractivity contribution in [3.05, 3.63) is 0 Å². The zero-order valence-corrected chi connectivity index (χ0v) is 9.07. The molecule has 15 heavy (non-hydrogen) atoms. The van der Waals surface area contributed by atoms with E-state index in [2.05, 4.69) is 0 Å². The third kappa shape index (κ3) is 1290. The molecule has 0 radical (unpaired) electrons. The summed E-state index contributed by atoms with van der Waals surface area (Å²) >= 11 is 0. The SMILES string of the molecule is CC(C)O.CC(C)O.CC(C)O.[AlH3].[AlH3].[AlH3]. The number of hydrogen-bond donors (Lipinski definition) is 3. The summed E-state index contributed by atoms with van der Waals surface area (Å²) in [7, 11) is 0. The van der Waals surface area contributed by atoms with Gasteiger partial charge in [0.05, 0.1) is 0 Å². The fourth-order valence-corrected chi connectivity index (χ4v) is 0. The van der Waals surface area contributed by atoms with Gasteiger partial charge in [-0.05, 0) is 41.5 Å². The minimum atomic E-state index is -0.167. The Labute approximate surface area is 127 Å². The van der Waals surface area contributed by atoms with Crippen LogP contribution in [0.1, 0.15) is 41.5 Å². The second-order valence-corrected chi connectivity index (χ2v) is 3.28. The molecule has 0 heterocycles. The molecule has 0 aliphatic carbocycles. The van der Waals surface area contributed by atoms with Crippen LogP contribution in [0.3, 0.4) is 0 Å². The zero-order chi connectivity index (χ0) is 10.7. The molecule has 0 aliphatic rings. The van der Waals surface area contributed by atoms with Gasteiger partial charge in [-0.2, -0.15) is 0 Å². The van der Waals surface area contributed by atoms with Crippen molar-refractivity contribution >= 4 is 52.1 Å². The van der Waals surface area contributed by atoms with Crippen molar-refractivity contribution in [2.24, 2.45) is 0 Å². The molecular weight excluding hydrogens is 237 g/mol. The second-order valence-electron chi connectivity index (χ2n) is 3.28. The molecule has 3 N–H and O–H groups in total. The number of aliphatic hydroxyl groups excluding tert-OH is 3. The summed E-state index contributed by atoms with van der Waals surface area (Å²) in [5, 5.41) is 24.2. The third-order valence-electron chi connectivity index (χ3n) is 0. The standard InChI is InChI=1S/3C3H8O.3Al.9H/c3*1-3(2)4;;;;;;;;;;;;/h3*3-4H,1-2H3;;;;;;;;;;;;. The van der Waals surface area contributed by atoms with E-state index >= 15 is 0 Å². The molecule has 0 atom stereocenters. The van der Waals surface area contributed by atoms with Gasteiger partial charge in [-0.3, -0.25) is 0 Å². The fourth-order valence-electron chi connectivity index (χ4n) is 0. The van der Waals surface area contributed by atoms with Crippen LogP contribution >= 0.6 is 0 Å². The van der Waals surface area contributed by atoms with Gasteiger partial charge in [0, 0.05) is 18.3 Å². The predicted octanol–water partition coefficient (Wildman–Crippen LogP) is -2.39. The van der Waals surface area contributed by atoms with E-state index in [1.54, 1.807) is 41.5 Å². The molecule has 0 unspecified atom stereocenters. The van der Waals surface area contributed by atoms with Gasteiger partial charge in [-0.25, -0.2) is 0 Å². The van der Waals surface area contributed by atoms with Crippen molar-refractivity contribution < 1.29 is 15.3 Å². The first kappa shape index (κ1) is 36.0. The Morgan fingerprint density at radius 2 is 0.467 bits per heavy atom. The van der Waals surface area contributed by atoms with Gasteiger partial charge in [-0.1, -0.05) is 0 Å². The van der Waals surface area contributed by atoms with E-state index in [1.165, 1.54) is 0 Å². The second kappa shape index (κ2) is 29.6. The molecule has 0 bridgehead atoms. The largest absolute Gasteiger partial charge is 0.394 e. The average molecular weight is 270 g/mol. The Balaban J connectivity index is -0.0000000184. The molecule has 96 valence electrons. The molecule has 0 spiro atoms. The Bertz CT molecular complexity index is 49.1. The summed E-state index contributed by atoms with van der Waals surface area (Å²) in [4.78, 5) is 0. The summed E-state index contributed by atoms with van der Waals surface area (Å²) < 4.78 is 0. The van der Waals surface area contributed by atoms with Crippen molar-refractivity contribution in [2.45, 2.75) is 59.9 Å². The Hall–Kier alpha value is 1.48. The molecule has 3 nitrogen and oxygen atoms in total. The first-order chi connectivity index (χ1) is 5.20. The number of hydrogen-bond acceptors (Lipinski definition) is 3. The van der Waals surface area contributed by atoms with E-state index < -0.39 is 0 Å². The first-order valence-corrected chi connectivity index (χ1v) is 4.24. The van der Waals surface area contributed by atoms with Crippen LogP contribution in [-0.2, 0) is 0 Å². The van der Waals surface area contributed by atoms with E-state index in [0.717, 1.165) is 0 Å². The zero-order valence-electron chi connectivity index (χ0n) is 9.07. The lowest BCUT2D eigenvalue weighted by atomic mass is 10.5. The maximum atomic E-state index is 8.06. The van der Waals surface area contributed by atoms with Gasteiger partial charge in [-0.15, -0.1) is 0 Å². The van der Waals surface area contributed by atoms with Crippen LogP contribution < -0.4 is 0 Å². The van der Waals surface area contributed by atoms with E-state index in [0.29, 0.717) is 0 Å². The highest BCUT2D eigenvalue weighted by molar-refractivity contribution is 5.76. The normalized spacial score (nSPS) is 7.20. The maximum absolute atomic E-state index is 8.06. The maximum Gasteiger partial charge on any atom is 0.187 e. The average Bonchev–Trinajstić information content (AvgIpc) is 1.54. The summed E-state index contributed by atoms with van der Waals surface area (Å²) in [5.74, 6) is 0. The van der Waals surface area contributed by atoms with E-state index in [4.69, 9.17) is 15.3 Å². The Morgan fingerprint density at radius 1 is 0.467 bits per heavy atom. The molecular formula is C9H33Al3O3. The fraction of sp³-hybridized carbons (Fsp3) is 1.00. The lowest BCUT2D eigenvalue weighted by molar-refractivity contribution is 0.215. The quantitative estimate of drug-likeness (QED) is 0.431. The highest BCUT2D eigenvalue weighted by Crippen LogP contribution is 1.65. The minimum absolute atomic E-state index is 0. The van der Waals surface area contributed by atoms with Crippen molar-refractivity contribution in [1.29, 1.82) is 0 Å². The van der Waals surface area contributed by atoms with Crippen LogP contribution in [0.2, 0.25) is 0 Å². The van der Waals surface area contributed by atoms with Crippen molar-refractivity contribution in [3.63, 3.8) is 0 Å². The van der Waals surface area contributed by atoms with Gasteiger partial charge in [0.15, 0.2) is 52.1 Å². The number of rotatable bonds is 0. The monoisotopic (exact) mass is 270 g/mol. The van der Waals surface area contributed by atoms with Crippen LogP contribution in [0.25, 0.3) is 0 Å². The highest BCUT2D eigenvalue weighted by atomic mass is 27.0. The molecule has 0 aromatic heterocycles. The summed E-state index contributed by atoms with van der Waals surface area (Å²) in [6.45, 7) is 10.3. The van der Waals surface area contributed by atoms with Gasteiger partial charge >= 0.3 is 0 Å². The highest BCUT2D eigenvalue weighted by Gasteiger charge is 1.70. The predicted molar refractivity (Wildman–Crippen MR) is 81.9 cm³/mol. The minimum Gasteiger partial charge on any atom is -0.394 e. The van der Waals surface area contributed by atoms with Crippen molar-refractivity contribution in [2.75, 3.05) is 0 Å². The summed E-state index contributed by atoms with van der Waals surface area (Å²) in [6.07, 6.45) is -0.500. The third-order valence-corrected chi connectivity index (χ3v) is 0. The lowest BCUT2D eigenvalue weighted by Gasteiger charge is -1.80. The first-order valence-electron chi connectivity index (χ1n) is 4.24. The van der Waals surface area contributed by atoms with E-state index in [1.807, 2.05) is 0 Å². The van der Waals surface area contributed by atoms with Crippen LogP contribution in [0.4, 0.5) is 0 Å². The van der Waals surface area contributed by atoms with Gasteiger partial charge in [0.25, 0.3) is 0 Å². The van der Waals surface area contributed by atoms with Gasteiger partial charge < -0.3 is 15.3 Å². The van der Waals surface area contributed by atoms with Crippen LogP contribution in [-0.4, -0.2) is 85.7 Å². The molecule has 6 heteroatoms. The van der Waals surface area contributed by atoms with Crippen molar-refractivity contribution in [3.8, 4) is 0 Å². The van der Waals surface area contributed by atoms with Crippen molar-refractivity contribution in [1.82, 2.24) is 0 Å². The smallest absolute Gasteiger partial charge is 0.187 e. The molecule has 0 aromatic rings. The molecule has 0 aromatic carbocycles. The number of aliphatic hydroxyl groups is 3. The molecule has 0 saturated heterocycles. The van der Waals surface area contributed by atoms with Crippen LogP contribution in [0.5, 0.6) is 0 Å². The van der Waals surface area contributed by atoms with Crippen LogP contribution in [0.15, 0.2) is 0 Å². The molecule has 0 fully saturated rings. The van der Waals surface area contributed by atoms with E-state index in [9.17, 15) is 0 Å². The van der Waals surface area contributed by atoms with Gasteiger partial charge in [0.2, 0.25) is 0 Å². The molecule has 0 saturated carbocycles. The van der Waals surface area contributed by atoms with Gasteiger partial charge in [0.1, 0.15) is 0 Å². The lowest BCUT2D eigenvalue weighted by Crippen LogP contribution is -1.85. The summed E-state index contributed by atoms with van der Waals surface area (Å²) in [6, 6.07) is 0. The summed E-state index contributed by atoms with van der Waals surface area (Å²) in [5.41, 5.74) is 0. The molecule has 0 rings (SSSR count).